The molecule has 19 heavy (non-hydrogen) atoms. The molecular weight excluding hydrogens is 249 g/mol. The van der Waals surface area contributed by atoms with Gasteiger partial charge in [0.05, 0.1) is 24.9 Å². The summed E-state index contributed by atoms with van der Waals surface area (Å²) < 4.78 is 18.5. The van der Waals surface area contributed by atoms with Crippen molar-refractivity contribution in [1.82, 2.24) is 15.5 Å². The molecule has 0 bridgehead atoms. The Kier molecular flexibility index (Phi) is 4.02. The average molecular weight is 261 g/mol. The highest BCUT2D eigenvalue weighted by Gasteiger charge is 2.12. The highest BCUT2D eigenvalue weighted by Crippen LogP contribution is 2.16. The molecule has 0 atom stereocenters. The van der Waals surface area contributed by atoms with E-state index in [-0.39, 0.29) is 12.1 Å². The molecule has 1 amide bonds. The van der Waals surface area contributed by atoms with Crippen molar-refractivity contribution in [2.75, 3.05) is 7.11 Å². The lowest BCUT2D eigenvalue weighted by atomic mass is 10.2. The monoisotopic (exact) mass is 261 g/mol. The van der Waals surface area contributed by atoms with Gasteiger partial charge in [0.2, 0.25) is 0 Å². The van der Waals surface area contributed by atoms with Gasteiger partial charge in [0.1, 0.15) is 11.6 Å². The summed E-state index contributed by atoms with van der Waals surface area (Å²) in [4.78, 5) is 11.8. The Morgan fingerprint density at radius 2 is 2.26 bits per heavy atom. The van der Waals surface area contributed by atoms with E-state index in [0.717, 1.165) is 6.07 Å². The van der Waals surface area contributed by atoms with Gasteiger partial charge in [-0.25, -0.2) is 4.39 Å². The summed E-state index contributed by atoms with van der Waals surface area (Å²) in [6.07, 6.45) is 1.54. The summed E-state index contributed by atoms with van der Waals surface area (Å²) in [5.74, 6) is -0.773. The number of ether oxygens (including phenoxy) is 1. The summed E-state index contributed by atoms with van der Waals surface area (Å²) >= 11 is 0. The Hall–Kier alpha value is -2.50. The fourth-order valence-corrected chi connectivity index (χ4v) is 1.50. The summed E-state index contributed by atoms with van der Waals surface area (Å²) in [6, 6.07) is 7.50. The number of carbonyl (C=O) groups is 1. The van der Waals surface area contributed by atoms with E-state index in [2.05, 4.69) is 15.5 Å². The minimum Gasteiger partial charge on any atom is -0.497 e. The van der Waals surface area contributed by atoms with E-state index in [0.29, 0.717) is 11.4 Å². The molecule has 0 aliphatic carbocycles. The van der Waals surface area contributed by atoms with Gasteiger partial charge < -0.3 is 10.1 Å². The molecule has 0 unspecified atom stereocenters. The van der Waals surface area contributed by atoms with Gasteiger partial charge in [-0.15, -0.1) is 0 Å². The van der Waals surface area contributed by atoms with E-state index in [9.17, 15) is 9.18 Å². The molecule has 2 aromatic rings. The van der Waals surface area contributed by atoms with Gasteiger partial charge in [0, 0.05) is 12.3 Å². The number of nitrogens with one attached hydrogen (secondary N) is 1. The van der Waals surface area contributed by atoms with Crippen LogP contribution < -0.4 is 10.1 Å². The van der Waals surface area contributed by atoms with Crippen LogP contribution in [0.15, 0.2) is 36.5 Å². The van der Waals surface area contributed by atoms with Crippen LogP contribution in [-0.2, 0) is 6.54 Å². The maximum Gasteiger partial charge on any atom is 0.254 e. The van der Waals surface area contributed by atoms with Gasteiger partial charge in [0.25, 0.3) is 5.91 Å². The van der Waals surface area contributed by atoms with Crippen molar-refractivity contribution in [3.8, 4) is 5.75 Å². The van der Waals surface area contributed by atoms with Crippen molar-refractivity contribution < 1.29 is 13.9 Å². The predicted octanol–water partition coefficient (Wildman–Crippen LogP) is 1.55. The fourth-order valence-electron chi connectivity index (χ4n) is 1.50. The third-order valence-electron chi connectivity index (χ3n) is 2.48. The van der Waals surface area contributed by atoms with E-state index in [4.69, 9.17) is 4.74 Å². The van der Waals surface area contributed by atoms with Crippen molar-refractivity contribution >= 4 is 5.91 Å². The van der Waals surface area contributed by atoms with Crippen LogP contribution in [0.2, 0.25) is 0 Å². The Morgan fingerprint density at radius 1 is 1.42 bits per heavy atom. The fraction of sp³-hybridized carbons (Fsp3) is 0.154. The second-order valence-electron chi connectivity index (χ2n) is 3.74. The van der Waals surface area contributed by atoms with Gasteiger partial charge >= 0.3 is 0 Å². The van der Waals surface area contributed by atoms with Crippen LogP contribution in [0.1, 0.15) is 16.1 Å². The van der Waals surface area contributed by atoms with Gasteiger partial charge in [-0.2, -0.15) is 10.2 Å². The zero-order chi connectivity index (χ0) is 13.7. The van der Waals surface area contributed by atoms with Crippen LogP contribution in [0, 0.1) is 5.82 Å². The first-order chi connectivity index (χ1) is 9.20. The van der Waals surface area contributed by atoms with Gasteiger partial charge in [-0.3, -0.25) is 4.79 Å². The SMILES string of the molecule is COc1ccc(C(=O)NCc2cccnn2)c(F)c1. The van der Waals surface area contributed by atoms with Crippen LogP contribution in [0.4, 0.5) is 4.39 Å². The molecule has 2 rings (SSSR count). The standard InChI is InChI=1S/C13H12FN3O2/c1-19-10-4-5-11(12(14)7-10)13(18)15-8-9-3-2-6-16-17-9/h2-7H,8H2,1H3,(H,15,18). The molecule has 0 aliphatic rings. The van der Waals surface area contributed by atoms with Crippen molar-refractivity contribution in [1.29, 1.82) is 0 Å². The van der Waals surface area contributed by atoms with E-state index in [1.807, 2.05) is 0 Å². The third-order valence-corrected chi connectivity index (χ3v) is 2.48. The Morgan fingerprint density at radius 3 is 2.89 bits per heavy atom. The lowest BCUT2D eigenvalue weighted by molar-refractivity contribution is 0.0946. The molecule has 0 saturated heterocycles. The molecule has 1 N–H and O–H groups in total. The summed E-state index contributed by atoms with van der Waals surface area (Å²) in [5, 5.41) is 10.1. The number of halogens is 1. The molecule has 1 aromatic heterocycles. The number of rotatable bonds is 4. The first-order valence-electron chi connectivity index (χ1n) is 5.59. The molecular formula is C13H12FN3O2. The van der Waals surface area contributed by atoms with Crippen molar-refractivity contribution in [2.24, 2.45) is 0 Å². The molecule has 0 fully saturated rings. The molecule has 0 aliphatic heterocycles. The lowest BCUT2D eigenvalue weighted by Gasteiger charge is -2.06. The molecule has 98 valence electrons. The quantitative estimate of drug-likeness (QED) is 0.907. The van der Waals surface area contributed by atoms with Crippen LogP contribution in [0.5, 0.6) is 5.75 Å². The molecule has 0 spiro atoms. The van der Waals surface area contributed by atoms with Gasteiger partial charge in [-0.1, -0.05) is 0 Å². The summed E-state index contributed by atoms with van der Waals surface area (Å²) in [6.45, 7) is 0.193. The number of nitrogens with zero attached hydrogens (tertiary/aromatic N) is 2. The van der Waals surface area contributed by atoms with Crippen LogP contribution in [0.25, 0.3) is 0 Å². The number of benzene rings is 1. The van der Waals surface area contributed by atoms with E-state index in [1.54, 1.807) is 12.1 Å². The first-order valence-corrected chi connectivity index (χ1v) is 5.59. The molecule has 0 radical (unpaired) electrons. The minimum atomic E-state index is -0.629. The van der Waals surface area contributed by atoms with E-state index >= 15 is 0 Å². The number of amides is 1. The number of methoxy groups -OCH3 is 1. The summed E-state index contributed by atoms with van der Waals surface area (Å²) in [5.41, 5.74) is 0.564. The number of aromatic nitrogens is 2. The van der Waals surface area contributed by atoms with Crippen LogP contribution >= 0.6 is 0 Å². The molecule has 0 saturated carbocycles. The maximum absolute atomic E-state index is 13.6. The Balaban J connectivity index is 2.04. The zero-order valence-electron chi connectivity index (χ0n) is 10.3. The maximum atomic E-state index is 13.6. The molecule has 1 heterocycles. The van der Waals surface area contributed by atoms with Gasteiger partial charge in [0.15, 0.2) is 0 Å². The van der Waals surface area contributed by atoms with Crippen molar-refractivity contribution in [3.63, 3.8) is 0 Å². The third kappa shape index (κ3) is 3.25. The Labute approximate surface area is 109 Å². The number of hydrogen-bond donors (Lipinski definition) is 1. The number of carbonyl (C=O) groups excluding carboxylic acids is 1. The van der Waals surface area contributed by atoms with Crippen molar-refractivity contribution in [3.05, 3.63) is 53.6 Å². The van der Waals surface area contributed by atoms with Crippen molar-refractivity contribution in [2.45, 2.75) is 6.54 Å². The van der Waals surface area contributed by atoms with Crippen LogP contribution in [0.3, 0.4) is 0 Å². The van der Waals surface area contributed by atoms with Gasteiger partial charge in [-0.05, 0) is 24.3 Å². The number of hydrogen-bond acceptors (Lipinski definition) is 4. The highest BCUT2D eigenvalue weighted by atomic mass is 19.1. The molecule has 6 heteroatoms. The molecule has 1 aromatic carbocycles. The lowest BCUT2D eigenvalue weighted by Crippen LogP contribution is -2.24. The largest absolute Gasteiger partial charge is 0.497 e. The minimum absolute atomic E-state index is 0.0373. The highest BCUT2D eigenvalue weighted by molar-refractivity contribution is 5.94. The second kappa shape index (κ2) is 5.90. The zero-order valence-corrected chi connectivity index (χ0v) is 10.3. The predicted molar refractivity (Wildman–Crippen MR) is 66.2 cm³/mol. The average Bonchev–Trinajstić information content (AvgIpc) is 2.45. The topological polar surface area (TPSA) is 64.1 Å². The smallest absolute Gasteiger partial charge is 0.254 e. The van der Waals surface area contributed by atoms with Crippen LogP contribution in [-0.4, -0.2) is 23.2 Å². The second-order valence-corrected chi connectivity index (χ2v) is 3.74. The van der Waals surface area contributed by atoms with E-state index < -0.39 is 11.7 Å². The van der Waals surface area contributed by atoms with E-state index in [1.165, 1.54) is 25.4 Å². The summed E-state index contributed by atoms with van der Waals surface area (Å²) in [7, 11) is 1.43. The molecule has 5 nitrogen and oxygen atoms in total. The normalized spacial score (nSPS) is 10.0. The Bertz CT molecular complexity index is 575. The first kappa shape index (κ1) is 12.9.